The number of amides is 2. The maximum Gasteiger partial charge on any atom is 0.323 e. The van der Waals surface area contributed by atoms with Crippen LogP contribution in [0.15, 0.2) is 40.9 Å². The minimum atomic E-state index is -0.125. The van der Waals surface area contributed by atoms with E-state index in [1.54, 1.807) is 11.0 Å². The average molecular weight is 299 g/mol. The lowest BCUT2D eigenvalue weighted by Crippen LogP contribution is -2.40. The van der Waals surface area contributed by atoms with Gasteiger partial charge in [0.25, 0.3) is 0 Å². The molecule has 0 bridgehead atoms. The highest BCUT2D eigenvalue weighted by Crippen LogP contribution is 2.24. The second-order valence-electron chi connectivity index (χ2n) is 5.78. The van der Waals surface area contributed by atoms with Crippen molar-refractivity contribution in [1.82, 2.24) is 10.1 Å². The highest BCUT2D eigenvalue weighted by atomic mass is 16.5. The molecule has 0 saturated heterocycles. The lowest BCUT2D eigenvalue weighted by molar-refractivity contribution is 0.186. The number of urea groups is 1. The molecule has 1 aliphatic rings. The van der Waals surface area contributed by atoms with E-state index >= 15 is 0 Å². The number of benzene rings is 1. The topological polar surface area (TPSA) is 58.4 Å². The van der Waals surface area contributed by atoms with Gasteiger partial charge in [-0.25, -0.2) is 4.79 Å². The summed E-state index contributed by atoms with van der Waals surface area (Å²) in [7, 11) is 1.85. The van der Waals surface area contributed by atoms with Crippen molar-refractivity contribution in [2.45, 2.75) is 38.1 Å². The van der Waals surface area contributed by atoms with Crippen LogP contribution in [-0.2, 0) is 0 Å². The molecule has 2 amide bonds. The van der Waals surface area contributed by atoms with E-state index in [9.17, 15) is 4.79 Å². The molecule has 0 unspecified atom stereocenters. The summed E-state index contributed by atoms with van der Waals surface area (Å²) in [4.78, 5) is 14.1. The highest BCUT2D eigenvalue weighted by molar-refractivity contribution is 5.88. The quantitative estimate of drug-likeness (QED) is 0.926. The lowest BCUT2D eigenvalue weighted by atomic mass is 9.95. The van der Waals surface area contributed by atoms with Gasteiger partial charge in [0.1, 0.15) is 0 Å². The Morgan fingerprint density at radius 1 is 1.23 bits per heavy atom. The van der Waals surface area contributed by atoms with E-state index in [1.807, 2.05) is 37.4 Å². The lowest BCUT2D eigenvalue weighted by Gasteiger charge is -2.30. The molecule has 1 N–H and O–H groups in total. The van der Waals surface area contributed by atoms with E-state index in [0.717, 1.165) is 18.4 Å². The molecule has 116 valence electrons. The first-order chi connectivity index (χ1) is 10.7. The van der Waals surface area contributed by atoms with E-state index < -0.39 is 0 Å². The molecule has 1 aromatic heterocycles. The van der Waals surface area contributed by atoms with Crippen LogP contribution in [0.25, 0.3) is 11.3 Å². The average Bonchev–Trinajstić information content (AvgIpc) is 3.04. The molecule has 1 heterocycles. The molecule has 5 heteroatoms. The molecule has 0 aliphatic heterocycles. The van der Waals surface area contributed by atoms with Crippen molar-refractivity contribution in [3.8, 4) is 11.3 Å². The van der Waals surface area contributed by atoms with Crippen LogP contribution in [-0.4, -0.2) is 29.2 Å². The third kappa shape index (κ3) is 3.30. The molecule has 1 aliphatic carbocycles. The summed E-state index contributed by atoms with van der Waals surface area (Å²) in [6, 6.07) is 11.7. The number of nitrogens with zero attached hydrogens (tertiary/aromatic N) is 2. The number of nitrogens with one attached hydrogen (secondary N) is 1. The van der Waals surface area contributed by atoms with E-state index in [4.69, 9.17) is 4.52 Å². The number of carbonyl (C=O) groups is 1. The van der Waals surface area contributed by atoms with Crippen LogP contribution < -0.4 is 5.32 Å². The van der Waals surface area contributed by atoms with Gasteiger partial charge in [-0.3, -0.25) is 5.32 Å². The first-order valence-corrected chi connectivity index (χ1v) is 7.80. The summed E-state index contributed by atoms with van der Waals surface area (Å²) in [5, 5.41) is 6.74. The van der Waals surface area contributed by atoms with Crippen LogP contribution in [0.4, 0.5) is 10.6 Å². The van der Waals surface area contributed by atoms with Gasteiger partial charge in [-0.15, -0.1) is 0 Å². The van der Waals surface area contributed by atoms with Crippen molar-refractivity contribution < 1.29 is 9.32 Å². The molecule has 2 aromatic rings. The minimum absolute atomic E-state index is 0.125. The minimum Gasteiger partial charge on any atom is -0.354 e. The molecule has 0 atom stereocenters. The normalized spacial score (nSPS) is 15.5. The first kappa shape index (κ1) is 14.6. The maximum atomic E-state index is 12.3. The molecule has 1 fully saturated rings. The fourth-order valence-corrected chi connectivity index (χ4v) is 2.90. The number of rotatable bonds is 3. The number of hydrogen-bond donors (Lipinski definition) is 1. The van der Waals surface area contributed by atoms with Crippen molar-refractivity contribution in [3.05, 3.63) is 36.4 Å². The summed E-state index contributed by atoms with van der Waals surface area (Å²) in [6.45, 7) is 0. The van der Waals surface area contributed by atoms with Crippen LogP contribution in [0.1, 0.15) is 32.1 Å². The van der Waals surface area contributed by atoms with Gasteiger partial charge in [0.15, 0.2) is 11.6 Å². The van der Waals surface area contributed by atoms with Crippen molar-refractivity contribution in [2.75, 3.05) is 12.4 Å². The maximum absolute atomic E-state index is 12.3. The van der Waals surface area contributed by atoms with Gasteiger partial charge in [-0.1, -0.05) is 54.8 Å². The monoisotopic (exact) mass is 299 g/mol. The van der Waals surface area contributed by atoms with Crippen LogP contribution in [0.5, 0.6) is 0 Å². The Balaban J connectivity index is 1.63. The van der Waals surface area contributed by atoms with Gasteiger partial charge >= 0.3 is 6.03 Å². The Bertz CT molecular complexity index is 618. The third-order valence-corrected chi connectivity index (χ3v) is 4.25. The summed E-state index contributed by atoms with van der Waals surface area (Å²) >= 11 is 0. The Labute approximate surface area is 130 Å². The van der Waals surface area contributed by atoms with Crippen LogP contribution in [0.2, 0.25) is 0 Å². The number of aromatic nitrogens is 1. The predicted molar refractivity (Wildman–Crippen MR) is 85.6 cm³/mol. The van der Waals surface area contributed by atoms with Crippen molar-refractivity contribution in [3.63, 3.8) is 0 Å². The standard InChI is InChI=1S/C17H21N3O2/c1-20(14-10-6-3-7-11-14)17(21)18-16-12-15(22-19-16)13-8-4-2-5-9-13/h2,4-5,8-9,12,14H,3,6-7,10-11H2,1H3,(H,18,19,21). The van der Waals surface area contributed by atoms with Gasteiger partial charge in [0, 0.05) is 24.7 Å². The summed E-state index contributed by atoms with van der Waals surface area (Å²) < 4.78 is 5.29. The van der Waals surface area contributed by atoms with E-state index in [1.165, 1.54) is 19.3 Å². The van der Waals surface area contributed by atoms with Gasteiger partial charge in [-0.05, 0) is 12.8 Å². The molecule has 5 nitrogen and oxygen atoms in total. The van der Waals surface area contributed by atoms with Gasteiger partial charge in [-0.2, -0.15) is 0 Å². The second kappa shape index (κ2) is 6.64. The van der Waals surface area contributed by atoms with E-state index in [-0.39, 0.29) is 6.03 Å². The highest BCUT2D eigenvalue weighted by Gasteiger charge is 2.22. The van der Waals surface area contributed by atoms with Crippen LogP contribution >= 0.6 is 0 Å². The molecule has 1 saturated carbocycles. The zero-order chi connectivity index (χ0) is 15.4. The zero-order valence-electron chi connectivity index (χ0n) is 12.8. The van der Waals surface area contributed by atoms with Gasteiger partial charge in [0.05, 0.1) is 0 Å². The Hall–Kier alpha value is -2.30. The fraction of sp³-hybridized carbons (Fsp3) is 0.412. The third-order valence-electron chi connectivity index (χ3n) is 4.25. The fourth-order valence-electron chi connectivity index (χ4n) is 2.90. The van der Waals surface area contributed by atoms with Crippen LogP contribution in [0.3, 0.4) is 0 Å². The molecule has 1 aromatic carbocycles. The molecule has 22 heavy (non-hydrogen) atoms. The van der Waals surface area contributed by atoms with Crippen molar-refractivity contribution in [1.29, 1.82) is 0 Å². The molecule has 3 rings (SSSR count). The smallest absolute Gasteiger partial charge is 0.323 e. The summed E-state index contributed by atoms with van der Waals surface area (Å²) in [6.07, 6.45) is 5.83. The molecule has 0 spiro atoms. The second-order valence-corrected chi connectivity index (χ2v) is 5.78. The molecule has 0 radical (unpaired) electrons. The van der Waals surface area contributed by atoms with E-state index in [2.05, 4.69) is 10.5 Å². The van der Waals surface area contributed by atoms with Gasteiger partial charge < -0.3 is 9.42 Å². The Kier molecular flexibility index (Phi) is 4.42. The largest absolute Gasteiger partial charge is 0.354 e. The first-order valence-electron chi connectivity index (χ1n) is 7.80. The molecular weight excluding hydrogens is 278 g/mol. The Morgan fingerprint density at radius 2 is 1.95 bits per heavy atom. The van der Waals surface area contributed by atoms with Gasteiger partial charge in [0.2, 0.25) is 0 Å². The van der Waals surface area contributed by atoms with Crippen molar-refractivity contribution >= 4 is 11.8 Å². The van der Waals surface area contributed by atoms with Crippen LogP contribution in [0, 0.1) is 0 Å². The number of hydrogen-bond acceptors (Lipinski definition) is 3. The van der Waals surface area contributed by atoms with E-state index in [0.29, 0.717) is 17.6 Å². The number of anilines is 1. The summed E-state index contributed by atoms with van der Waals surface area (Å²) in [5.74, 6) is 1.10. The SMILES string of the molecule is CN(C(=O)Nc1cc(-c2ccccc2)on1)C1CCCCC1. The number of carbonyl (C=O) groups excluding carboxylic acids is 1. The molecular formula is C17H21N3O2. The predicted octanol–water partition coefficient (Wildman–Crippen LogP) is 4.14. The summed E-state index contributed by atoms with van der Waals surface area (Å²) in [5.41, 5.74) is 0.941. The Morgan fingerprint density at radius 3 is 2.68 bits per heavy atom. The zero-order valence-corrected chi connectivity index (χ0v) is 12.8. The van der Waals surface area contributed by atoms with Crippen molar-refractivity contribution in [2.24, 2.45) is 0 Å².